The standard InChI is InChI=1S/C34H43F2N5O3/c1-8-13-34(14-10-15-41(34)6)19-44-33-38-30-27(31(39-33)40(5)18-20(3)4)32(43-7)37-29(28(30)36)24-17-22(42)16-21-11-12-25(35)23(9-2)26(21)24/h11-12,16-17,20,42H,8-10,13-15,18-19H2,1-7H3. The number of hydrogen-bond donors (Lipinski definition) is 1. The molecule has 1 saturated heterocycles. The Bertz CT molecular complexity index is 1680. The maximum atomic E-state index is 16.9. The van der Waals surface area contributed by atoms with E-state index in [2.05, 4.69) is 42.7 Å². The van der Waals surface area contributed by atoms with Crippen LogP contribution < -0.4 is 14.4 Å². The number of fused-ring (bicyclic) bond motifs is 2. The van der Waals surface area contributed by atoms with Gasteiger partial charge in [-0.15, -0.1) is 0 Å². The van der Waals surface area contributed by atoms with Crippen molar-refractivity contribution < 1.29 is 23.4 Å². The molecule has 1 atom stereocenters. The lowest BCUT2D eigenvalue weighted by Crippen LogP contribution is -2.46. The van der Waals surface area contributed by atoms with Crippen molar-refractivity contribution >= 4 is 27.5 Å². The first kappa shape index (κ1) is 31.6. The molecule has 0 aliphatic carbocycles. The Morgan fingerprint density at radius 2 is 1.89 bits per heavy atom. The first-order valence-corrected chi connectivity index (χ1v) is 15.5. The SMILES string of the molecule is CCCC1(COc2nc(N(C)CC(C)C)c3c(OC)nc(-c4cc(O)cc5ccc(F)c(CC)c45)c(F)c3n2)CCCN1C. The molecule has 3 heterocycles. The van der Waals surface area contributed by atoms with Crippen LogP contribution in [0.5, 0.6) is 17.6 Å². The fourth-order valence-electron chi connectivity index (χ4n) is 6.74. The second-order valence-electron chi connectivity index (χ2n) is 12.4. The molecule has 0 amide bonds. The van der Waals surface area contributed by atoms with Crippen LogP contribution in [0.25, 0.3) is 32.9 Å². The van der Waals surface area contributed by atoms with Gasteiger partial charge in [0.15, 0.2) is 5.82 Å². The predicted octanol–water partition coefficient (Wildman–Crippen LogP) is 7.14. The van der Waals surface area contributed by atoms with Crippen LogP contribution >= 0.6 is 0 Å². The van der Waals surface area contributed by atoms with E-state index >= 15 is 4.39 Å². The summed E-state index contributed by atoms with van der Waals surface area (Å²) in [6.07, 6.45) is 4.43. The number of phenolic OH excluding ortho intramolecular Hbond substituents is 1. The molecule has 8 nitrogen and oxygen atoms in total. The van der Waals surface area contributed by atoms with Gasteiger partial charge in [-0.1, -0.05) is 40.2 Å². The van der Waals surface area contributed by atoms with Crippen LogP contribution in [-0.2, 0) is 6.42 Å². The smallest absolute Gasteiger partial charge is 0.319 e. The van der Waals surface area contributed by atoms with Crippen molar-refractivity contribution in [1.82, 2.24) is 19.9 Å². The predicted molar refractivity (Wildman–Crippen MR) is 171 cm³/mol. The molecule has 10 heteroatoms. The number of likely N-dealkylation sites (tertiary alicyclic amines) is 1. The zero-order chi connectivity index (χ0) is 31.8. The Kier molecular flexibility index (Phi) is 9.11. The van der Waals surface area contributed by atoms with Crippen molar-refractivity contribution in [2.45, 2.75) is 65.3 Å². The highest BCUT2D eigenvalue weighted by Gasteiger charge is 2.39. The van der Waals surface area contributed by atoms with Crippen molar-refractivity contribution in [3.63, 3.8) is 0 Å². The van der Waals surface area contributed by atoms with E-state index in [1.54, 1.807) is 6.07 Å². The maximum Gasteiger partial charge on any atom is 0.319 e. The summed E-state index contributed by atoms with van der Waals surface area (Å²) in [6, 6.07) is 5.94. The summed E-state index contributed by atoms with van der Waals surface area (Å²) in [6.45, 7) is 10.2. The van der Waals surface area contributed by atoms with E-state index in [1.807, 2.05) is 18.9 Å². The van der Waals surface area contributed by atoms with Gasteiger partial charge >= 0.3 is 6.01 Å². The molecule has 0 bridgehead atoms. The van der Waals surface area contributed by atoms with E-state index < -0.39 is 11.6 Å². The lowest BCUT2D eigenvalue weighted by atomic mass is 9.92. The van der Waals surface area contributed by atoms with Crippen LogP contribution in [0, 0.1) is 17.6 Å². The molecule has 0 spiro atoms. The topological polar surface area (TPSA) is 83.8 Å². The Morgan fingerprint density at radius 1 is 1.11 bits per heavy atom. The number of aromatic hydroxyl groups is 1. The number of rotatable bonds is 11. The van der Waals surface area contributed by atoms with E-state index in [0.29, 0.717) is 53.0 Å². The summed E-state index contributed by atoms with van der Waals surface area (Å²) in [7, 11) is 5.46. The Hall–Kier alpha value is -3.79. The quantitative estimate of drug-likeness (QED) is 0.193. The molecule has 4 aromatic rings. The molecular formula is C34H43F2N5O3. The van der Waals surface area contributed by atoms with E-state index in [1.165, 1.54) is 25.3 Å². The van der Waals surface area contributed by atoms with Crippen molar-refractivity contribution in [3.8, 4) is 28.9 Å². The number of anilines is 1. The zero-order valence-electron chi connectivity index (χ0n) is 26.8. The van der Waals surface area contributed by atoms with Gasteiger partial charge in [0.05, 0.1) is 12.6 Å². The molecule has 236 valence electrons. The Balaban J connectivity index is 1.76. The van der Waals surface area contributed by atoms with Crippen LogP contribution in [0.4, 0.5) is 14.6 Å². The highest BCUT2D eigenvalue weighted by atomic mass is 19.1. The third-order valence-electron chi connectivity index (χ3n) is 8.80. The number of aromatic nitrogens is 3. The van der Waals surface area contributed by atoms with Gasteiger partial charge in [-0.05, 0) is 79.7 Å². The summed E-state index contributed by atoms with van der Waals surface area (Å²) in [5.74, 6) is -0.373. The summed E-state index contributed by atoms with van der Waals surface area (Å²) in [4.78, 5) is 18.3. The third kappa shape index (κ3) is 5.72. The third-order valence-corrected chi connectivity index (χ3v) is 8.80. The van der Waals surface area contributed by atoms with Crippen LogP contribution in [0.1, 0.15) is 58.9 Å². The number of halogens is 2. The van der Waals surface area contributed by atoms with Crippen molar-refractivity contribution in [2.24, 2.45) is 5.92 Å². The van der Waals surface area contributed by atoms with Crippen LogP contribution in [0.2, 0.25) is 0 Å². The van der Waals surface area contributed by atoms with Crippen molar-refractivity contribution in [3.05, 3.63) is 41.5 Å². The molecule has 1 aliphatic rings. The minimum atomic E-state index is -0.730. The number of nitrogens with zero attached hydrogens (tertiary/aromatic N) is 5. The van der Waals surface area contributed by atoms with Crippen LogP contribution in [0.3, 0.4) is 0 Å². The first-order chi connectivity index (χ1) is 21.0. The van der Waals surface area contributed by atoms with Crippen LogP contribution in [0.15, 0.2) is 24.3 Å². The number of aryl methyl sites for hydroxylation is 1. The molecule has 5 rings (SSSR count). The summed E-state index contributed by atoms with van der Waals surface area (Å²) >= 11 is 0. The van der Waals surface area contributed by atoms with E-state index in [-0.39, 0.29) is 40.0 Å². The molecule has 2 aromatic heterocycles. The van der Waals surface area contributed by atoms with Gasteiger partial charge in [0, 0.05) is 19.2 Å². The zero-order valence-corrected chi connectivity index (χ0v) is 26.8. The van der Waals surface area contributed by atoms with Crippen molar-refractivity contribution in [2.75, 3.05) is 45.8 Å². The molecule has 0 radical (unpaired) electrons. The molecule has 1 unspecified atom stereocenters. The molecule has 2 aromatic carbocycles. The number of likely N-dealkylation sites (N-methyl/N-ethyl adjacent to an activating group) is 1. The minimum absolute atomic E-state index is 0.0160. The highest BCUT2D eigenvalue weighted by Crippen LogP contribution is 2.42. The normalized spacial score (nSPS) is 17.2. The van der Waals surface area contributed by atoms with Gasteiger partial charge < -0.3 is 19.5 Å². The summed E-state index contributed by atoms with van der Waals surface area (Å²) < 4.78 is 43.9. The number of pyridine rings is 1. The number of benzene rings is 2. The second kappa shape index (κ2) is 12.7. The van der Waals surface area contributed by atoms with Gasteiger partial charge in [0.25, 0.3) is 0 Å². The fourth-order valence-corrected chi connectivity index (χ4v) is 6.74. The lowest BCUT2D eigenvalue weighted by Gasteiger charge is -2.35. The molecule has 44 heavy (non-hydrogen) atoms. The second-order valence-corrected chi connectivity index (χ2v) is 12.4. The highest BCUT2D eigenvalue weighted by molar-refractivity contribution is 6.03. The van der Waals surface area contributed by atoms with Gasteiger partial charge in [-0.2, -0.15) is 9.97 Å². The molecular weight excluding hydrogens is 564 g/mol. The van der Waals surface area contributed by atoms with Crippen molar-refractivity contribution in [1.29, 1.82) is 0 Å². The molecule has 0 saturated carbocycles. The number of methoxy groups -OCH3 is 1. The Labute approximate surface area is 258 Å². The first-order valence-electron chi connectivity index (χ1n) is 15.5. The van der Waals surface area contributed by atoms with Gasteiger partial charge in [0.1, 0.15) is 40.6 Å². The molecule has 1 fully saturated rings. The Morgan fingerprint density at radius 3 is 2.52 bits per heavy atom. The average Bonchev–Trinajstić information content (AvgIpc) is 3.35. The largest absolute Gasteiger partial charge is 0.508 e. The number of hydrogen-bond acceptors (Lipinski definition) is 8. The fraction of sp³-hybridized carbons (Fsp3) is 0.500. The summed E-state index contributed by atoms with van der Waals surface area (Å²) in [5.41, 5.74) is 0.399. The maximum absolute atomic E-state index is 16.9. The minimum Gasteiger partial charge on any atom is -0.508 e. The monoisotopic (exact) mass is 607 g/mol. The average molecular weight is 608 g/mol. The number of phenols is 1. The van der Waals surface area contributed by atoms with Gasteiger partial charge in [-0.3, -0.25) is 4.90 Å². The van der Waals surface area contributed by atoms with E-state index in [9.17, 15) is 9.50 Å². The van der Waals surface area contributed by atoms with Gasteiger partial charge in [0.2, 0.25) is 5.88 Å². The van der Waals surface area contributed by atoms with Crippen LogP contribution in [-0.4, -0.2) is 71.4 Å². The molecule has 1 aliphatic heterocycles. The van der Waals surface area contributed by atoms with Gasteiger partial charge in [-0.25, -0.2) is 13.8 Å². The molecule has 1 N–H and O–H groups in total. The summed E-state index contributed by atoms with van der Waals surface area (Å²) in [5, 5.41) is 12.0. The van der Waals surface area contributed by atoms with E-state index in [4.69, 9.17) is 14.5 Å². The lowest BCUT2D eigenvalue weighted by molar-refractivity contribution is 0.0828. The van der Waals surface area contributed by atoms with E-state index in [0.717, 1.165) is 32.2 Å². The number of ether oxygens (including phenoxy) is 2.